The van der Waals surface area contributed by atoms with Crippen LogP contribution >= 0.6 is 0 Å². The van der Waals surface area contributed by atoms with Crippen LogP contribution < -0.4 is 4.74 Å². The molecular weight excluding hydrogens is 581 g/mol. The van der Waals surface area contributed by atoms with Crippen LogP contribution in [0.25, 0.3) is 33.4 Å². The van der Waals surface area contributed by atoms with Crippen molar-refractivity contribution in [3.05, 3.63) is 137 Å². The fourth-order valence-electron chi connectivity index (χ4n) is 4.94. The number of hydrogen-bond acceptors (Lipinski definition) is 1. The molecule has 1 nitrogen and oxygen atoms in total. The summed E-state index contributed by atoms with van der Waals surface area (Å²) in [6.45, 7) is 2.16. The molecule has 0 aliphatic heterocycles. The van der Waals surface area contributed by atoms with E-state index in [0.29, 0.717) is 16.7 Å². The second kappa shape index (κ2) is 13.0. The molecule has 0 saturated heterocycles. The molecule has 5 rings (SSSR count). The first-order valence-electron chi connectivity index (χ1n) is 14.1. The molecular formula is C36H27F7O. The summed E-state index contributed by atoms with van der Waals surface area (Å²) in [6.07, 6.45) is 0.169. The Balaban J connectivity index is 1.30. The minimum Gasteiger partial charge on any atom is -0.429 e. The van der Waals surface area contributed by atoms with E-state index in [2.05, 4.69) is 23.8 Å². The van der Waals surface area contributed by atoms with Gasteiger partial charge in [0.2, 0.25) is 0 Å². The van der Waals surface area contributed by atoms with Crippen LogP contribution in [0, 0.1) is 29.1 Å². The van der Waals surface area contributed by atoms with E-state index >= 15 is 4.39 Å². The molecule has 8 heteroatoms. The van der Waals surface area contributed by atoms with E-state index in [-0.39, 0.29) is 17.7 Å². The van der Waals surface area contributed by atoms with Crippen LogP contribution in [0.5, 0.6) is 5.75 Å². The molecule has 0 bridgehead atoms. The second-order valence-electron chi connectivity index (χ2n) is 10.4. The van der Waals surface area contributed by atoms with E-state index in [4.69, 9.17) is 0 Å². The molecule has 0 amide bonds. The Hall–Kier alpha value is -4.59. The van der Waals surface area contributed by atoms with Crippen molar-refractivity contribution in [3.8, 4) is 39.1 Å². The first kappa shape index (κ1) is 30.9. The number of benzene rings is 5. The van der Waals surface area contributed by atoms with Crippen molar-refractivity contribution >= 4 is 0 Å². The topological polar surface area (TPSA) is 9.23 Å². The third-order valence-corrected chi connectivity index (χ3v) is 7.34. The van der Waals surface area contributed by atoms with E-state index < -0.39 is 46.5 Å². The molecule has 0 aromatic heterocycles. The van der Waals surface area contributed by atoms with Crippen LogP contribution in [0.1, 0.15) is 37.3 Å². The van der Waals surface area contributed by atoms with Gasteiger partial charge in [-0.1, -0.05) is 86.5 Å². The van der Waals surface area contributed by atoms with Crippen LogP contribution in [0.2, 0.25) is 0 Å². The quantitative estimate of drug-likeness (QED) is 0.0871. The van der Waals surface area contributed by atoms with E-state index in [1.165, 1.54) is 24.1 Å². The van der Waals surface area contributed by atoms with Crippen LogP contribution in [0.4, 0.5) is 30.7 Å². The first-order valence-corrected chi connectivity index (χ1v) is 14.1. The molecule has 226 valence electrons. The van der Waals surface area contributed by atoms with Gasteiger partial charge in [0.15, 0.2) is 17.5 Å². The minimum absolute atomic E-state index is 0.239. The summed E-state index contributed by atoms with van der Waals surface area (Å²) in [5.41, 5.74) is 3.37. The molecule has 0 fully saturated rings. The normalized spacial score (nSPS) is 11.5. The largest absolute Gasteiger partial charge is 0.429 e. The van der Waals surface area contributed by atoms with Crippen molar-refractivity contribution in [1.82, 2.24) is 0 Å². The Morgan fingerprint density at radius 3 is 1.64 bits per heavy atom. The summed E-state index contributed by atoms with van der Waals surface area (Å²) < 4.78 is 104. The lowest BCUT2D eigenvalue weighted by Gasteiger charge is -2.19. The van der Waals surface area contributed by atoms with Gasteiger partial charge in [-0.05, 0) is 64.4 Å². The summed E-state index contributed by atoms with van der Waals surface area (Å²) >= 11 is 0. The van der Waals surface area contributed by atoms with Crippen LogP contribution in [-0.4, -0.2) is 0 Å². The summed E-state index contributed by atoms with van der Waals surface area (Å²) in [4.78, 5) is 0. The zero-order valence-corrected chi connectivity index (χ0v) is 23.6. The van der Waals surface area contributed by atoms with Crippen molar-refractivity contribution in [3.63, 3.8) is 0 Å². The summed E-state index contributed by atoms with van der Waals surface area (Å²) in [5.74, 6) is -8.07. The van der Waals surface area contributed by atoms with Gasteiger partial charge in [0.1, 0.15) is 17.4 Å². The average molecular weight is 609 g/mol. The van der Waals surface area contributed by atoms with Gasteiger partial charge in [-0.15, -0.1) is 0 Å². The van der Waals surface area contributed by atoms with E-state index in [1.54, 1.807) is 30.3 Å². The van der Waals surface area contributed by atoms with Crippen LogP contribution in [-0.2, 0) is 12.5 Å². The highest BCUT2D eigenvalue weighted by Gasteiger charge is 2.38. The standard InChI is InChI=1S/C36H27F7O/c1-2-3-4-5-22-6-8-23(9-7-22)26-14-16-29(31(37)18-26)25-12-10-24(11-13-25)27-15-17-30(32(38)19-27)36(42,43)44-28-20-33(39)35(41)34(40)21-28/h6-21H,2-5H2,1H3. The number of unbranched alkanes of at least 4 members (excludes halogenated alkanes) is 2. The molecule has 44 heavy (non-hydrogen) atoms. The van der Waals surface area contributed by atoms with Gasteiger partial charge in [0.25, 0.3) is 0 Å². The third-order valence-electron chi connectivity index (χ3n) is 7.34. The number of ether oxygens (including phenoxy) is 1. The van der Waals surface area contributed by atoms with E-state index in [1.807, 2.05) is 18.2 Å². The Kier molecular flexibility index (Phi) is 9.09. The van der Waals surface area contributed by atoms with Gasteiger partial charge in [0.05, 0.1) is 5.56 Å². The Morgan fingerprint density at radius 1 is 0.545 bits per heavy atom. The number of aryl methyl sites for hydroxylation is 1. The van der Waals surface area contributed by atoms with Gasteiger partial charge < -0.3 is 4.74 Å². The highest BCUT2D eigenvalue weighted by molar-refractivity contribution is 5.74. The summed E-state index contributed by atoms with van der Waals surface area (Å²) in [7, 11) is 0. The molecule has 0 heterocycles. The lowest BCUT2D eigenvalue weighted by Crippen LogP contribution is -2.23. The van der Waals surface area contributed by atoms with Gasteiger partial charge in [-0.25, -0.2) is 22.0 Å². The van der Waals surface area contributed by atoms with Crippen molar-refractivity contribution < 1.29 is 35.5 Å². The van der Waals surface area contributed by atoms with E-state index in [0.717, 1.165) is 42.5 Å². The fourth-order valence-corrected chi connectivity index (χ4v) is 4.94. The predicted molar refractivity (Wildman–Crippen MR) is 157 cm³/mol. The average Bonchev–Trinajstić information content (AvgIpc) is 3.00. The van der Waals surface area contributed by atoms with Crippen molar-refractivity contribution in [2.24, 2.45) is 0 Å². The summed E-state index contributed by atoms with van der Waals surface area (Å²) in [6, 6.07) is 22.9. The van der Waals surface area contributed by atoms with Crippen LogP contribution in [0.3, 0.4) is 0 Å². The number of rotatable bonds is 10. The smallest absolute Gasteiger partial charge is 0.429 e. The molecule has 0 aliphatic rings. The lowest BCUT2D eigenvalue weighted by molar-refractivity contribution is -0.187. The predicted octanol–water partition coefficient (Wildman–Crippen LogP) is 11.2. The molecule has 0 radical (unpaired) electrons. The highest BCUT2D eigenvalue weighted by atomic mass is 19.3. The van der Waals surface area contributed by atoms with Gasteiger partial charge in [0, 0.05) is 17.7 Å². The van der Waals surface area contributed by atoms with Gasteiger partial charge >= 0.3 is 6.11 Å². The molecule has 0 saturated carbocycles. The second-order valence-corrected chi connectivity index (χ2v) is 10.4. The fraction of sp³-hybridized carbons (Fsp3) is 0.167. The molecule has 0 N–H and O–H groups in total. The van der Waals surface area contributed by atoms with Crippen molar-refractivity contribution in [2.45, 2.75) is 38.7 Å². The monoisotopic (exact) mass is 608 g/mol. The third kappa shape index (κ3) is 6.80. The maximum Gasteiger partial charge on any atom is 0.429 e. The molecule has 5 aromatic rings. The maximum atomic E-state index is 15.2. The number of hydrogen-bond donors (Lipinski definition) is 0. The molecule has 5 aromatic carbocycles. The van der Waals surface area contributed by atoms with Gasteiger partial charge in [-0.2, -0.15) is 8.78 Å². The number of halogens is 7. The molecule has 0 aliphatic carbocycles. The van der Waals surface area contributed by atoms with Crippen molar-refractivity contribution in [1.29, 1.82) is 0 Å². The molecule has 0 unspecified atom stereocenters. The Morgan fingerprint density at radius 2 is 1.07 bits per heavy atom. The van der Waals surface area contributed by atoms with Crippen molar-refractivity contribution in [2.75, 3.05) is 0 Å². The molecule has 0 spiro atoms. The molecule has 0 atom stereocenters. The zero-order chi connectivity index (χ0) is 31.4. The maximum absolute atomic E-state index is 15.2. The summed E-state index contributed by atoms with van der Waals surface area (Å²) in [5, 5.41) is 0. The highest BCUT2D eigenvalue weighted by Crippen LogP contribution is 2.36. The van der Waals surface area contributed by atoms with E-state index in [9.17, 15) is 26.3 Å². The minimum atomic E-state index is -4.32. The Bertz CT molecular complexity index is 1740. The first-order chi connectivity index (χ1) is 21.1. The SMILES string of the molecule is CCCCCc1ccc(-c2ccc(-c3ccc(-c4ccc(C(F)(F)Oc5cc(F)c(F)c(F)c5)c(F)c4)cc3)c(F)c2)cc1. The number of alkyl halides is 2. The zero-order valence-electron chi connectivity index (χ0n) is 23.6. The van der Waals surface area contributed by atoms with Crippen LogP contribution in [0.15, 0.2) is 97.1 Å². The Labute approximate surface area is 250 Å². The lowest BCUT2D eigenvalue weighted by atomic mass is 9.96. The van der Waals surface area contributed by atoms with Gasteiger partial charge in [-0.3, -0.25) is 0 Å².